The monoisotopic (exact) mass is 313 g/mol. The average Bonchev–Trinajstić information content (AvgIpc) is 2.55. The molecule has 0 atom stereocenters. The van der Waals surface area contributed by atoms with Crippen molar-refractivity contribution in [1.82, 2.24) is 5.32 Å². The molecule has 0 spiro atoms. The number of hydrogen-bond donors (Lipinski definition) is 2. The lowest BCUT2D eigenvalue weighted by atomic mass is 10.1. The van der Waals surface area contributed by atoms with Gasteiger partial charge in [0.2, 0.25) is 5.91 Å². The molecule has 0 saturated heterocycles. The Morgan fingerprint density at radius 2 is 1.70 bits per heavy atom. The number of ether oxygens (including phenoxy) is 1. The Labute approximate surface area is 137 Å². The van der Waals surface area contributed by atoms with Crippen LogP contribution in [0.4, 0.5) is 0 Å². The topological polar surface area (TPSA) is 58.6 Å². The summed E-state index contributed by atoms with van der Waals surface area (Å²) in [6.45, 7) is 3.23. The van der Waals surface area contributed by atoms with Gasteiger partial charge in [-0.2, -0.15) is 0 Å². The van der Waals surface area contributed by atoms with E-state index in [0.29, 0.717) is 19.6 Å². The van der Waals surface area contributed by atoms with E-state index in [0.717, 1.165) is 29.7 Å². The Kier molecular flexibility index (Phi) is 6.48. The lowest BCUT2D eigenvalue weighted by Gasteiger charge is -2.07. The minimum absolute atomic E-state index is 0.0277. The molecule has 2 aromatic rings. The predicted molar refractivity (Wildman–Crippen MR) is 90.8 cm³/mol. The summed E-state index contributed by atoms with van der Waals surface area (Å²) < 4.78 is 5.38. The van der Waals surface area contributed by atoms with E-state index in [1.54, 1.807) is 12.1 Å². The van der Waals surface area contributed by atoms with Gasteiger partial charge in [-0.15, -0.1) is 0 Å². The molecule has 0 aliphatic heterocycles. The Balaban J connectivity index is 1.67. The summed E-state index contributed by atoms with van der Waals surface area (Å²) in [7, 11) is 0. The summed E-state index contributed by atoms with van der Waals surface area (Å²) >= 11 is 0. The molecule has 0 heterocycles. The van der Waals surface area contributed by atoms with Crippen molar-refractivity contribution in [2.45, 2.75) is 26.2 Å². The summed E-state index contributed by atoms with van der Waals surface area (Å²) in [6.07, 6.45) is 2.13. The Morgan fingerprint density at radius 1 is 1.04 bits per heavy atom. The van der Waals surface area contributed by atoms with Crippen LogP contribution in [-0.4, -0.2) is 24.2 Å². The maximum Gasteiger partial charge on any atom is 0.224 e. The minimum Gasteiger partial charge on any atom is -0.508 e. The molecule has 0 unspecified atom stereocenters. The second-order valence-corrected chi connectivity index (χ2v) is 5.37. The molecule has 0 radical (unpaired) electrons. The standard InChI is InChI=1S/C19H23NO3/c1-2-23-18-11-7-16(8-12-18)14-19(22)20-13-3-4-15-5-9-17(21)10-6-15/h5-12,21H,2-4,13-14H2,1H3,(H,20,22). The number of phenolic OH excluding ortho intramolecular Hbond substituents is 1. The smallest absolute Gasteiger partial charge is 0.224 e. The molecule has 2 aromatic carbocycles. The molecule has 0 fully saturated rings. The van der Waals surface area contributed by atoms with Gasteiger partial charge in [-0.05, 0) is 55.2 Å². The number of aryl methyl sites for hydroxylation is 1. The highest BCUT2D eigenvalue weighted by molar-refractivity contribution is 5.78. The van der Waals surface area contributed by atoms with Crippen LogP contribution in [0.3, 0.4) is 0 Å². The van der Waals surface area contributed by atoms with E-state index in [1.165, 1.54) is 0 Å². The normalized spacial score (nSPS) is 10.3. The molecular weight excluding hydrogens is 290 g/mol. The fourth-order valence-electron chi connectivity index (χ4n) is 2.30. The molecular formula is C19H23NO3. The molecule has 122 valence electrons. The van der Waals surface area contributed by atoms with Crippen molar-refractivity contribution < 1.29 is 14.6 Å². The second-order valence-electron chi connectivity index (χ2n) is 5.37. The van der Waals surface area contributed by atoms with Crippen LogP contribution in [-0.2, 0) is 17.6 Å². The van der Waals surface area contributed by atoms with E-state index in [1.807, 2.05) is 43.3 Å². The van der Waals surface area contributed by atoms with E-state index >= 15 is 0 Å². The average molecular weight is 313 g/mol. The van der Waals surface area contributed by atoms with Crippen molar-refractivity contribution in [3.8, 4) is 11.5 Å². The Hall–Kier alpha value is -2.49. The number of aromatic hydroxyl groups is 1. The van der Waals surface area contributed by atoms with Crippen molar-refractivity contribution >= 4 is 5.91 Å². The molecule has 0 aliphatic carbocycles. The van der Waals surface area contributed by atoms with Crippen LogP contribution in [0.1, 0.15) is 24.5 Å². The number of nitrogens with one attached hydrogen (secondary N) is 1. The van der Waals surface area contributed by atoms with E-state index in [4.69, 9.17) is 4.74 Å². The molecule has 0 saturated carbocycles. The summed E-state index contributed by atoms with van der Waals surface area (Å²) in [6, 6.07) is 14.8. The molecule has 4 nitrogen and oxygen atoms in total. The van der Waals surface area contributed by atoms with Gasteiger partial charge >= 0.3 is 0 Å². The van der Waals surface area contributed by atoms with Gasteiger partial charge in [-0.1, -0.05) is 24.3 Å². The van der Waals surface area contributed by atoms with Crippen molar-refractivity contribution in [1.29, 1.82) is 0 Å². The second kappa shape index (κ2) is 8.83. The SMILES string of the molecule is CCOc1ccc(CC(=O)NCCCc2ccc(O)cc2)cc1. The van der Waals surface area contributed by atoms with Gasteiger partial charge < -0.3 is 15.2 Å². The number of carbonyl (C=O) groups is 1. The van der Waals surface area contributed by atoms with E-state index < -0.39 is 0 Å². The summed E-state index contributed by atoms with van der Waals surface area (Å²) in [4.78, 5) is 11.9. The molecule has 2 N–H and O–H groups in total. The van der Waals surface area contributed by atoms with E-state index in [-0.39, 0.29) is 11.7 Å². The third-order valence-corrected chi connectivity index (χ3v) is 3.50. The zero-order chi connectivity index (χ0) is 16.5. The molecule has 0 bridgehead atoms. The number of hydrogen-bond acceptors (Lipinski definition) is 3. The van der Waals surface area contributed by atoms with Gasteiger partial charge in [0, 0.05) is 6.54 Å². The van der Waals surface area contributed by atoms with Crippen molar-refractivity contribution in [2.24, 2.45) is 0 Å². The molecule has 0 aliphatic rings. The number of benzene rings is 2. The number of amides is 1. The van der Waals surface area contributed by atoms with Crippen molar-refractivity contribution in [3.05, 3.63) is 59.7 Å². The van der Waals surface area contributed by atoms with Crippen LogP contribution >= 0.6 is 0 Å². The highest BCUT2D eigenvalue weighted by Gasteiger charge is 2.03. The third kappa shape index (κ3) is 6.02. The maximum absolute atomic E-state index is 11.9. The number of phenols is 1. The van der Waals surface area contributed by atoms with Gasteiger partial charge in [0.05, 0.1) is 13.0 Å². The lowest BCUT2D eigenvalue weighted by Crippen LogP contribution is -2.26. The zero-order valence-electron chi connectivity index (χ0n) is 13.4. The van der Waals surface area contributed by atoms with Crippen molar-refractivity contribution in [3.63, 3.8) is 0 Å². The number of carbonyl (C=O) groups excluding carboxylic acids is 1. The minimum atomic E-state index is 0.0277. The highest BCUT2D eigenvalue weighted by atomic mass is 16.5. The predicted octanol–water partition coefficient (Wildman–Crippen LogP) is 3.08. The largest absolute Gasteiger partial charge is 0.508 e. The van der Waals surface area contributed by atoms with Crippen LogP contribution in [0.5, 0.6) is 11.5 Å². The molecule has 23 heavy (non-hydrogen) atoms. The molecule has 4 heteroatoms. The first kappa shape index (κ1) is 16.9. The van der Waals surface area contributed by atoms with Gasteiger partial charge in [0.15, 0.2) is 0 Å². The summed E-state index contributed by atoms with van der Waals surface area (Å²) in [5.41, 5.74) is 2.13. The maximum atomic E-state index is 11.9. The third-order valence-electron chi connectivity index (χ3n) is 3.50. The van der Waals surface area contributed by atoms with Crippen LogP contribution in [0.2, 0.25) is 0 Å². The van der Waals surface area contributed by atoms with Gasteiger partial charge in [0.25, 0.3) is 0 Å². The van der Waals surface area contributed by atoms with Gasteiger partial charge in [-0.25, -0.2) is 0 Å². The molecule has 2 rings (SSSR count). The number of rotatable bonds is 8. The van der Waals surface area contributed by atoms with Crippen molar-refractivity contribution in [2.75, 3.05) is 13.2 Å². The van der Waals surface area contributed by atoms with E-state index in [9.17, 15) is 9.90 Å². The lowest BCUT2D eigenvalue weighted by molar-refractivity contribution is -0.120. The quantitative estimate of drug-likeness (QED) is 0.736. The molecule has 1 amide bonds. The fraction of sp³-hybridized carbons (Fsp3) is 0.316. The zero-order valence-corrected chi connectivity index (χ0v) is 13.4. The highest BCUT2D eigenvalue weighted by Crippen LogP contribution is 2.13. The first-order chi connectivity index (χ1) is 11.2. The molecule has 0 aromatic heterocycles. The summed E-state index contributed by atoms with van der Waals surface area (Å²) in [5.74, 6) is 1.13. The van der Waals surface area contributed by atoms with E-state index in [2.05, 4.69) is 5.32 Å². The van der Waals surface area contributed by atoms with Crippen LogP contribution in [0.25, 0.3) is 0 Å². The Bertz CT molecular complexity index is 606. The summed E-state index contributed by atoms with van der Waals surface area (Å²) in [5, 5.41) is 12.2. The first-order valence-corrected chi connectivity index (χ1v) is 7.93. The van der Waals surface area contributed by atoms with Crippen LogP contribution < -0.4 is 10.1 Å². The van der Waals surface area contributed by atoms with Gasteiger partial charge in [-0.3, -0.25) is 4.79 Å². The van der Waals surface area contributed by atoms with Crippen LogP contribution in [0, 0.1) is 0 Å². The first-order valence-electron chi connectivity index (χ1n) is 7.93. The fourth-order valence-corrected chi connectivity index (χ4v) is 2.30. The van der Waals surface area contributed by atoms with Crippen LogP contribution in [0.15, 0.2) is 48.5 Å². The van der Waals surface area contributed by atoms with Gasteiger partial charge in [0.1, 0.15) is 11.5 Å². The Morgan fingerprint density at radius 3 is 2.35 bits per heavy atom.